The Hall–Kier alpha value is -1.08. The van der Waals surface area contributed by atoms with Gasteiger partial charge in [0.15, 0.2) is 16.2 Å². The highest BCUT2D eigenvalue weighted by Crippen LogP contribution is 2.30. The van der Waals surface area contributed by atoms with E-state index in [1.807, 2.05) is 6.07 Å². The van der Waals surface area contributed by atoms with Crippen molar-refractivity contribution >= 4 is 31.9 Å². The number of benzene rings is 1. The van der Waals surface area contributed by atoms with Crippen LogP contribution in [-0.4, -0.2) is 27.0 Å². The maximum absolute atomic E-state index is 9.93. The van der Waals surface area contributed by atoms with E-state index in [0.717, 1.165) is 0 Å². The number of para-hydroxylation sites is 1. The summed E-state index contributed by atoms with van der Waals surface area (Å²) >= 11 is 6.46. The summed E-state index contributed by atoms with van der Waals surface area (Å²) in [6.07, 6.45) is 0. The Morgan fingerprint density at radius 2 is 2.18 bits per heavy atom. The van der Waals surface area contributed by atoms with Crippen LogP contribution in [0.4, 0.5) is 0 Å². The van der Waals surface area contributed by atoms with Crippen molar-refractivity contribution < 1.29 is 9.84 Å². The quantitative estimate of drug-likeness (QED) is 0.911. The molecule has 0 unspecified atom stereocenters. The molecule has 2 aromatic rings. The van der Waals surface area contributed by atoms with E-state index in [4.69, 9.17) is 4.74 Å². The number of hydrogen-bond donors (Lipinski definition) is 1. The summed E-state index contributed by atoms with van der Waals surface area (Å²) in [6, 6.07) is 5.32. The van der Waals surface area contributed by atoms with Crippen molar-refractivity contribution in [3.63, 3.8) is 0 Å². The second-order valence-corrected chi connectivity index (χ2v) is 4.69. The predicted molar refractivity (Wildman–Crippen MR) is 69.2 cm³/mol. The molecule has 0 radical (unpaired) electrons. The number of nitrogens with zero attached hydrogens (tertiary/aromatic N) is 3. The third-order valence-electron chi connectivity index (χ3n) is 2.22. The molecule has 0 atom stereocenters. The van der Waals surface area contributed by atoms with Gasteiger partial charge in [0.1, 0.15) is 0 Å². The molecule has 0 saturated carbocycles. The van der Waals surface area contributed by atoms with E-state index >= 15 is 0 Å². The van der Waals surface area contributed by atoms with Crippen molar-refractivity contribution in [1.29, 1.82) is 0 Å². The molecule has 90 valence electrons. The fourth-order valence-electron chi connectivity index (χ4n) is 1.42. The van der Waals surface area contributed by atoms with Crippen molar-refractivity contribution in [1.82, 2.24) is 14.8 Å². The van der Waals surface area contributed by atoms with E-state index in [-0.39, 0.29) is 5.75 Å². The lowest BCUT2D eigenvalue weighted by Gasteiger charge is -2.08. The molecule has 0 aliphatic heterocycles. The van der Waals surface area contributed by atoms with Crippen LogP contribution in [0.3, 0.4) is 0 Å². The van der Waals surface area contributed by atoms with Gasteiger partial charge in [-0.05, 0) is 37.9 Å². The molecule has 1 aromatic heterocycles. The van der Waals surface area contributed by atoms with Crippen LogP contribution < -0.4 is 4.74 Å². The van der Waals surface area contributed by atoms with Gasteiger partial charge in [-0.15, -0.1) is 5.10 Å². The third kappa shape index (κ3) is 2.61. The van der Waals surface area contributed by atoms with Gasteiger partial charge in [0, 0.05) is 5.56 Å². The van der Waals surface area contributed by atoms with E-state index in [9.17, 15) is 5.11 Å². The van der Waals surface area contributed by atoms with Gasteiger partial charge in [-0.3, -0.25) is 0 Å². The van der Waals surface area contributed by atoms with Gasteiger partial charge in [-0.25, -0.2) is 4.68 Å². The Balaban J connectivity index is 2.33. The summed E-state index contributed by atoms with van der Waals surface area (Å²) in [4.78, 5) is 4.05. The van der Waals surface area contributed by atoms with Gasteiger partial charge in [-0.1, -0.05) is 12.1 Å². The Morgan fingerprint density at radius 1 is 1.41 bits per heavy atom. The Bertz CT molecular complexity index is 542. The first-order valence-corrected chi connectivity index (χ1v) is 6.31. The van der Waals surface area contributed by atoms with Gasteiger partial charge >= 0.3 is 0 Å². The lowest BCUT2D eigenvalue weighted by Crippen LogP contribution is -2.03. The smallest absolute Gasteiger partial charge is 0.218 e. The molecule has 0 saturated heterocycles. The minimum Gasteiger partial charge on any atom is -0.504 e. The molecule has 0 spiro atoms. The molecular formula is C10H9Br2N3O2. The number of hydrogen-bond acceptors (Lipinski definition) is 4. The summed E-state index contributed by atoms with van der Waals surface area (Å²) in [5, 5.41) is 14.1. The maximum atomic E-state index is 9.93. The van der Waals surface area contributed by atoms with Crippen LogP contribution in [0.5, 0.6) is 11.5 Å². The molecule has 5 nitrogen and oxygen atoms in total. The molecule has 0 fully saturated rings. The van der Waals surface area contributed by atoms with Crippen LogP contribution in [0.15, 0.2) is 27.7 Å². The van der Waals surface area contributed by atoms with Gasteiger partial charge < -0.3 is 9.84 Å². The molecule has 0 bridgehead atoms. The number of rotatable bonds is 3. The van der Waals surface area contributed by atoms with E-state index in [2.05, 4.69) is 41.9 Å². The average Bonchev–Trinajstić information content (AvgIpc) is 2.60. The topological polar surface area (TPSA) is 60.2 Å². The number of aromatic nitrogens is 3. The molecular weight excluding hydrogens is 354 g/mol. The monoisotopic (exact) mass is 361 g/mol. The highest BCUT2D eigenvalue weighted by molar-refractivity contribution is 9.11. The van der Waals surface area contributed by atoms with Crippen LogP contribution in [0.25, 0.3) is 0 Å². The van der Waals surface area contributed by atoms with Crippen LogP contribution >= 0.6 is 31.9 Å². The molecule has 0 amide bonds. The fraction of sp³-hybridized carbons (Fsp3) is 0.200. The molecule has 7 heteroatoms. The van der Waals surface area contributed by atoms with E-state index in [1.54, 1.807) is 16.8 Å². The van der Waals surface area contributed by atoms with Gasteiger partial charge in [0.25, 0.3) is 0 Å². The molecule has 17 heavy (non-hydrogen) atoms. The Labute approximate surface area is 115 Å². The molecule has 1 heterocycles. The van der Waals surface area contributed by atoms with E-state index in [0.29, 0.717) is 27.3 Å². The standard InChI is InChI=1S/C10H9Br2N3O2/c1-17-7-4-2-3-6(8(7)16)5-15-10(12)13-9(11)14-15/h2-4,16H,5H2,1H3. The molecule has 1 aromatic carbocycles. The largest absolute Gasteiger partial charge is 0.504 e. The summed E-state index contributed by atoms with van der Waals surface area (Å²) in [5.41, 5.74) is 0.711. The van der Waals surface area contributed by atoms with Crippen LogP contribution in [-0.2, 0) is 6.54 Å². The van der Waals surface area contributed by atoms with Crippen molar-refractivity contribution in [2.24, 2.45) is 0 Å². The zero-order chi connectivity index (χ0) is 12.4. The molecule has 2 rings (SSSR count). The lowest BCUT2D eigenvalue weighted by atomic mass is 10.2. The predicted octanol–water partition coefficient (Wildman–Crippen LogP) is 2.57. The van der Waals surface area contributed by atoms with Crippen molar-refractivity contribution in [3.8, 4) is 11.5 Å². The normalized spacial score (nSPS) is 10.5. The summed E-state index contributed by atoms with van der Waals surface area (Å²) in [5.74, 6) is 0.561. The number of aromatic hydroxyl groups is 1. The summed E-state index contributed by atoms with van der Waals surface area (Å²) in [6.45, 7) is 0.405. The number of methoxy groups -OCH3 is 1. The van der Waals surface area contributed by atoms with Gasteiger partial charge in [0.05, 0.1) is 13.7 Å². The third-order valence-corrected chi connectivity index (χ3v) is 3.15. The number of halogens is 2. The number of ether oxygens (including phenoxy) is 1. The van der Waals surface area contributed by atoms with Gasteiger partial charge in [-0.2, -0.15) is 4.98 Å². The molecule has 1 N–H and O–H groups in total. The fourth-order valence-corrected chi connectivity index (χ4v) is 2.39. The Kier molecular flexibility index (Phi) is 3.68. The van der Waals surface area contributed by atoms with E-state index in [1.165, 1.54) is 7.11 Å². The molecule has 0 aliphatic rings. The summed E-state index contributed by atoms with van der Waals surface area (Å²) < 4.78 is 7.75. The number of phenolic OH excluding ortho intramolecular Hbond substituents is 1. The van der Waals surface area contributed by atoms with Crippen LogP contribution in [0, 0.1) is 0 Å². The van der Waals surface area contributed by atoms with Crippen molar-refractivity contribution in [2.75, 3.05) is 7.11 Å². The SMILES string of the molecule is COc1cccc(Cn2nc(Br)nc2Br)c1O. The first-order chi connectivity index (χ1) is 8.11. The zero-order valence-electron chi connectivity index (χ0n) is 8.89. The zero-order valence-corrected chi connectivity index (χ0v) is 12.1. The Morgan fingerprint density at radius 3 is 2.76 bits per heavy atom. The second kappa shape index (κ2) is 5.05. The van der Waals surface area contributed by atoms with Gasteiger partial charge in [0.2, 0.25) is 4.73 Å². The lowest BCUT2D eigenvalue weighted by molar-refractivity contribution is 0.369. The maximum Gasteiger partial charge on any atom is 0.218 e. The van der Waals surface area contributed by atoms with E-state index < -0.39 is 0 Å². The average molecular weight is 363 g/mol. The minimum atomic E-state index is 0.119. The molecule has 0 aliphatic carbocycles. The first-order valence-electron chi connectivity index (χ1n) is 4.72. The highest BCUT2D eigenvalue weighted by Gasteiger charge is 2.11. The second-order valence-electron chi connectivity index (χ2n) is 3.28. The van der Waals surface area contributed by atoms with Crippen LogP contribution in [0.1, 0.15) is 5.56 Å². The van der Waals surface area contributed by atoms with Crippen molar-refractivity contribution in [2.45, 2.75) is 6.54 Å². The van der Waals surface area contributed by atoms with Crippen LogP contribution in [0.2, 0.25) is 0 Å². The van der Waals surface area contributed by atoms with Crippen molar-refractivity contribution in [3.05, 3.63) is 33.2 Å². The first kappa shape index (κ1) is 12.4. The highest BCUT2D eigenvalue weighted by atomic mass is 79.9. The summed E-state index contributed by atoms with van der Waals surface area (Å²) in [7, 11) is 1.51. The minimum absolute atomic E-state index is 0.119. The number of phenols is 1.